The van der Waals surface area contributed by atoms with Gasteiger partial charge in [0.15, 0.2) is 0 Å². The van der Waals surface area contributed by atoms with Gasteiger partial charge in [0, 0.05) is 25.5 Å². The normalized spacial score (nSPS) is 37.7. The van der Waals surface area contributed by atoms with E-state index in [0.29, 0.717) is 31.1 Å². The van der Waals surface area contributed by atoms with Crippen LogP contribution in [0.25, 0.3) is 0 Å². The molecule has 10 nitrogen and oxygen atoms in total. The predicted octanol–water partition coefficient (Wildman–Crippen LogP) is 0.0167. The average molecular weight is 482 g/mol. The van der Waals surface area contributed by atoms with Crippen LogP contribution in [0.5, 0.6) is 5.75 Å². The third kappa shape index (κ3) is 5.54. The summed E-state index contributed by atoms with van der Waals surface area (Å²) >= 11 is 0. The molecule has 190 valence electrons. The van der Waals surface area contributed by atoms with Gasteiger partial charge >= 0.3 is 0 Å². The Bertz CT molecular complexity index is 804. The van der Waals surface area contributed by atoms with Crippen LogP contribution in [-0.4, -0.2) is 89.5 Å². The molecule has 9 atom stereocenters. The Morgan fingerprint density at radius 2 is 1.85 bits per heavy atom. The summed E-state index contributed by atoms with van der Waals surface area (Å²) in [4.78, 5) is 12.3. The maximum Gasteiger partial charge on any atom is 0.229 e. The number of rotatable bonds is 8. The molecular weight excluding hydrogens is 446 g/mol. The van der Waals surface area contributed by atoms with Crippen molar-refractivity contribution in [1.29, 1.82) is 0 Å². The fourth-order valence-electron chi connectivity index (χ4n) is 5.17. The highest BCUT2D eigenvalue weighted by molar-refractivity contribution is 5.76. The topological polar surface area (TPSA) is 147 Å². The fourth-order valence-corrected chi connectivity index (χ4v) is 5.17. The maximum absolute atomic E-state index is 12.3. The number of benzene rings is 1. The van der Waals surface area contributed by atoms with Crippen molar-refractivity contribution in [2.45, 2.75) is 81.1 Å². The quantitative estimate of drug-likeness (QED) is 0.347. The van der Waals surface area contributed by atoms with Crippen molar-refractivity contribution in [2.24, 2.45) is 5.92 Å². The SMILES string of the molecule is COCCC(=O)N[C@@H]1C[C@H](c2ccc(O[C@H]3O[C@@H](CO)[C@H](O)[C@@H](O)[C@@H]3O)cc2)O[C@@H]2CCC[C@@H]12. The van der Waals surface area contributed by atoms with Crippen LogP contribution < -0.4 is 10.1 Å². The summed E-state index contributed by atoms with van der Waals surface area (Å²) in [5.41, 5.74) is 0.947. The van der Waals surface area contributed by atoms with Gasteiger partial charge in [-0.25, -0.2) is 0 Å². The summed E-state index contributed by atoms with van der Waals surface area (Å²) in [6, 6.07) is 7.20. The van der Waals surface area contributed by atoms with E-state index in [9.17, 15) is 25.2 Å². The number of amides is 1. The van der Waals surface area contributed by atoms with Gasteiger partial charge < -0.3 is 44.7 Å². The van der Waals surface area contributed by atoms with E-state index in [1.54, 1.807) is 19.2 Å². The molecule has 5 N–H and O–H groups in total. The van der Waals surface area contributed by atoms with Crippen LogP contribution in [0, 0.1) is 5.92 Å². The summed E-state index contributed by atoms with van der Waals surface area (Å²) in [6.45, 7) is -0.128. The fraction of sp³-hybridized carbons (Fsp3) is 0.708. The smallest absolute Gasteiger partial charge is 0.229 e. The average Bonchev–Trinajstić information content (AvgIpc) is 3.32. The molecule has 2 heterocycles. The first kappa shape index (κ1) is 25.3. The van der Waals surface area contributed by atoms with Crippen LogP contribution in [0.3, 0.4) is 0 Å². The van der Waals surface area contributed by atoms with Gasteiger partial charge in [-0.05, 0) is 37.0 Å². The molecule has 0 bridgehead atoms. The summed E-state index contributed by atoms with van der Waals surface area (Å²) < 4.78 is 22.5. The lowest BCUT2D eigenvalue weighted by atomic mass is 9.86. The standard InChI is InChI=1S/C24H35NO9/c1-31-10-9-20(27)25-16-11-18(33-17-4-2-3-15(16)17)13-5-7-14(8-6-13)32-24-23(30)22(29)21(28)19(12-26)34-24/h5-8,15-19,21-24,26,28-30H,2-4,9-12H2,1H3,(H,25,27)/t15-,16+,17+,18+,19-,21-,22+,23-,24-/m0/s1. The number of aliphatic hydroxyl groups excluding tert-OH is 4. The van der Waals surface area contributed by atoms with Crippen LogP contribution in [0.4, 0.5) is 0 Å². The summed E-state index contributed by atoms with van der Waals surface area (Å²) in [7, 11) is 1.58. The van der Waals surface area contributed by atoms with Gasteiger partial charge in [0.1, 0.15) is 30.2 Å². The van der Waals surface area contributed by atoms with E-state index in [0.717, 1.165) is 24.8 Å². The Balaban J connectivity index is 1.40. The Morgan fingerprint density at radius 3 is 2.56 bits per heavy atom. The van der Waals surface area contributed by atoms with Crippen molar-refractivity contribution in [2.75, 3.05) is 20.3 Å². The predicted molar refractivity (Wildman–Crippen MR) is 119 cm³/mol. The minimum atomic E-state index is -1.50. The number of ether oxygens (including phenoxy) is 4. The zero-order chi connectivity index (χ0) is 24.2. The van der Waals surface area contributed by atoms with Crippen LogP contribution >= 0.6 is 0 Å². The summed E-state index contributed by atoms with van der Waals surface area (Å²) in [6.07, 6.45) is -2.64. The Morgan fingerprint density at radius 1 is 1.09 bits per heavy atom. The molecule has 34 heavy (non-hydrogen) atoms. The van der Waals surface area contributed by atoms with E-state index < -0.39 is 37.3 Å². The van der Waals surface area contributed by atoms with E-state index in [1.165, 1.54) is 0 Å². The van der Waals surface area contributed by atoms with Gasteiger partial charge in [0.2, 0.25) is 12.2 Å². The Hall–Kier alpha value is -1.79. The molecule has 2 saturated heterocycles. The first-order valence-corrected chi connectivity index (χ1v) is 11.9. The van der Waals surface area contributed by atoms with Gasteiger partial charge in [-0.1, -0.05) is 18.6 Å². The molecule has 1 saturated carbocycles. The highest BCUT2D eigenvalue weighted by Crippen LogP contribution is 2.43. The van der Waals surface area contributed by atoms with E-state index in [4.69, 9.17) is 18.9 Å². The number of carbonyl (C=O) groups is 1. The first-order valence-electron chi connectivity index (χ1n) is 11.9. The molecule has 10 heteroatoms. The lowest BCUT2D eigenvalue weighted by Crippen LogP contribution is -2.60. The lowest BCUT2D eigenvalue weighted by Gasteiger charge is -2.40. The number of aliphatic hydroxyl groups is 4. The molecule has 4 rings (SSSR count). The molecule has 0 aromatic heterocycles. The van der Waals surface area contributed by atoms with Gasteiger partial charge in [-0.15, -0.1) is 0 Å². The van der Waals surface area contributed by atoms with Gasteiger partial charge in [-0.3, -0.25) is 4.79 Å². The van der Waals surface area contributed by atoms with E-state index in [-0.39, 0.29) is 24.2 Å². The minimum absolute atomic E-state index is 0.0126. The second kappa shape index (κ2) is 11.3. The van der Waals surface area contributed by atoms with Crippen molar-refractivity contribution in [3.05, 3.63) is 29.8 Å². The molecule has 1 amide bonds. The Kier molecular flexibility index (Phi) is 8.41. The van der Waals surface area contributed by atoms with Crippen molar-refractivity contribution < 1.29 is 44.2 Å². The van der Waals surface area contributed by atoms with Crippen LogP contribution in [0.15, 0.2) is 24.3 Å². The van der Waals surface area contributed by atoms with Crippen molar-refractivity contribution in [1.82, 2.24) is 5.32 Å². The number of nitrogens with one attached hydrogen (secondary N) is 1. The van der Waals surface area contributed by atoms with Crippen LogP contribution in [0.2, 0.25) is 0 Å². The van der Waals surface area contributed by atoms with Crippen LogP contribution in [-0.2, 0) is 19.0 Å². The largest absolute Gasteiger partial charge is 0.462 e. The number of hydrogen-bond donors (Lipinski definition) is 5. The first-order chi connectivity index (χ1) is 16.4. The minimum Gasteiger partial charge on any atom is -0.462 e. The highest BCUT2D eigenvalue weighted by Gasteiger charge is 2.45. The number of carbonyl (C=O) groups excluding carboxylic acids is 1. The second-order valence-corrected chi connectivity index (χ2v) is 9.29. The number of hydrogen-bond acceptors (Lipinski definition) is 9. The molecule has 1 aromatic rings. The molecular formula is C24H35NO9. The summed E-state index contributed by atoms with van der Waals surface area (Å²) in [5, 5.41) is 42.5. The summed E-state index contributed by atoms with van der Waals surface area (Å²) in [5.74, 6) is 0.699. The maximum atomic E-state index is 12.3. The van der Waals surface area contributed by atoms with Crippen molar-refractivity contribution in [3.8, 4) is 5.75 Å². The zero-order valence-electron chi connectivity index (χ0n) is 19.3. The highest BCUT2D eigenvalue weighted by atomic mass is 16.7. The molecule has 3 aliphatic rings. The van der Waals surface area contributed by atoms with Crippen molar-refractivity contribution in [3.63, 3.8) is 0 Å². The van der Waals surface area contributed by atoms with E-state index in [2.05, 4.69) is 5.32 Å². The van der Waals surface area contributed by atoms with Crippen LogP contribution in [0.1, 0.15) is 43.8 Å². The molecule has 2 aliphatic heterocycles. The monoisotopic (exact) mass is 481 g/mol. The van der Waals surface area contributed by atoms with Crippen molar-refractivity contribution >= 4 is 5.91 Å². The second-order valence-electron chi connectivity index (χ2n) is 9.29. The van der Waals surface area contributed by atoms with E-state index in [1.807, 2.05) is 12.1 Å². The number of methoxy groups -OCH3 is 1. The van der Waals surface area contributed by atoms with Gasteiger partial charge in [-0.2, -0.15) is 0 Å². The third-order valence-corrected chi connectivity index (χ3v) is 7.06. The molecule has 0 radical (unpaired) electrons. The molecule has 0 unspecified atom stereocenters. The number of fused-ring (bicyclic) bond motifs is 1. The van der Waals surface area contributed by atoms with E-state index >= 15 is 0 Å². The lowest BCUT2D eigenvalue weighted by molar-refractivity contribution is -0.277. The van der Waals surface area contributed by atoms with Gasteiger partial charge in [0.05, 0.1) is 25.4 Å². The molecule has 0 spiro atoms. The molecule has 3 fully saturated rings. The molecule has 1 aromatic carbocycles. The Labute approximate surface area is 198 Å². The zero-order valence-corrected chi connectivity index (χ0v) is 19.3. The molecule has 1 aliphatic carbocycles. The third-order valence-electron chi connectivity index (χ3n) is 7.06. The van der Waals surface area contributed by atoms with Gasteiger partial charge in [0.25, 0.3) is 0 Å².